The molecular formula is C14H19BrN2O. The van der Waals surface area contributed by atoms with Crippen molar-refractivity contribution in [2.24, 2.45) is 5.92 Å². The number of hydrogen-bond acceptors (Lipinski definition) is 2. The summed E-state index contributed by atoms with van der Waals surface area (Å²) in [6, 6.07) is 3.85. The molecule has 3 nitrogen and oxygen atoms in total. The molecule has 1 aromatic heterocycles. The molecule has 1 aliphatic carbocycles. The fraction of sp³-hybridized carbons (Fsp3) is 0.571. The Morgan fingerprint density at radius 1 is 1.50 bits per heavy atom. The number of halogens is 1. The summed E-state index contributed by atoms with van der Waals surface area (Å²) in [7, 11) is 0. The minimum Gasteiger partial charge on any atom is -0.349 e. The second-order valence-electron chi connectivity index (χ2n) is 4.90. The maximum Gasteiger partial charge on any atom is 0.251 e. The molecule has 18 heavy (non-hydrogen) atoms. The summed E-state index contributed by atoms with van der Waals surface area (Å²) in [5, 5.41) is 3.18. The minimum absolute atomic E-state index is 0.0171. The molecule has 0 aromatic carbocycles. The molecule has 0 spiro atoms. The molecule has 2 atom stereocenters. The first-order chi connectivity index (χ1) is 8.70. The number of nitrogens with one attached hydrogen (secondary N) is 1. The van der Waals surface area contributed by atoms with Gasteiger partial charge in [-0.15, -0.1) is 0 Å². The average Bonchev–Trinajstić information content (AvgIpc) is 2.39. The Bertz CT molecular complexity index is 422. The normalized spacial score (nSPS) is 23.7. The van der Waals surface area contributed by atoms with E-state index in [1.165, 1.54) is 19.3 Å². The van der Waals surface area contributed by atoms with Gasteiger partial charge in [-0.05, 0) is 46.8 Å². The molecule has 2 unspecified atom stereocenters. The van der Waals surface area contributed by atoms with Gasteiger partial charge in [0.25, 0.3) is 5.91 Å². The van der Waals surface area contributed by atoms with Crippen LogP contribution in [0.25, 0.3) is 0 Å². The van der Waals surface area contributed by atoms with Crippen molar-refractivity contribution in [3.63, 3.8) is 0 Å². The van der Waals surface area contributed by atoms with E-state index in [4.69, 9.17) is 0 Å². The monoisotopic (exact) mass is 310 g/mol. The van der Waals surface area contributed by atoms with Crippen molar-refractivity contribution < 1.29 is 4.79 Å². The van der Waals surface area contributed by atoms with Crippen LogP contribution in [0.15, 0.2) is 22.9 Å². The van der Waals surface area contributed by atoms with Gasteiger partial charge in [0.2, 0.25) is 0 Å². The van der Waals surface area contributed by atoms with Gasteiger partial charge in [0, 0.05) is 17.8 Å². The molecule has 1 amide bonds. The molecule has 0 aliphatic heterocycles. The number of nitrogens with zero attached hydrogens (tertiary/aromatic N) is 1. The van der Waals surface area contributed by atoms with Crippen molar-refractivity contribution >= 4 is 21.8 Å². The second kappa shape index (κ2) is 6.32. The van der Waals surface area contributed by atoms with Crippen LogP contribution in [-0.2, 0) is 0 Å². The van der Waals surface area contributed by atoms with Crippen molar-refractivity contribution in [1.82, 2.24) is 10.3 Å². The van der Waals surface area contributed by atoms with E-state index in [9.17, 15) is 4.79 Å². The number of pyridine rings is 1. The Labute approximate surface area is 117 Å². The second-order valence-corrected chi connectivity index (χ2v) is 5.71. The zero-order valence-electron chi connectivity index (χ0n) is 10.7. The van der Waals surface area contributed by atoms with Crippen LogP contribution >= 0.6 is 15.9 Å². The summed E-state index contributed by atoms with van der Waals surface area (Å²) in [5.74, 6) is 0.649. The van der Waals surface area contributed by atoms with Crippen LogP contribution in [0.2, 0.25) is 0 Å². The lowest BCUT2D eigenvalue weighted by atomic mass is 9.83. The molecule has 1 aromatic rings. The number of amides is 1. The molecule has 1 saturated carbocycles. The predicted molar refractivity (Wildman–Crippen MR) is 75.4 cm³/mol. The highest BCUT2D eigenvalue weighted by Gasteiger charge is 2.25. The fourth-order valence-corrected chi connectivity index (χ4v) is 3.05. The van der Waals surface area contributed by atoms with Gasteiger partial charge in [0.1, 0.15) is 4.60 Å². The van der Waals surface area contributed by atoms with Crippen LogP contribution in [0.4, 0.5) is 0 Å². The van der Waals surface area contributed by atoms with E-state index in [0.717, 1.165) is 12.8 Å². The topological polar surface area (TPSA) is 42.0 Å². The van der Waals surface area contributed by atoms with Crippen LogP contribution in [0.3, 0.4) is 0 Å². The molecule has 0 saturated heterocycles. The smallest absolute Gasteiger partial charge is 0.251 e. The number of hydrogen-bond donors (Lipinski definition) is 1. The highest BCUT2D eigenvalue weighted by atomic mass is 79.9. The molecule has 1 N–H and O–H groups in total. The van der Waals surface area contributed by atoms with Crippen LogP contribution in [0.5, 0.6) is 0 Å². The van der Waals surface area contributed by atoms with Crippen molar-refractivity contribution in [3.05, 3.63) is 28.5 Å². The van der Waals surface area contributed by atoms with Gasteiger partial charge >= 0.3 is 0 Å². The van der Waals surface area contributed by atoms with E-state index >= 15 is 0 Å². The van der Waals surface area contributed by atoms with Gasteiger partial charge in [-0.2, -0.15) is 0 Å². The Morgan fingerprint density at radius 3 is 3.00 bits per heavy atom. The lowest BCUT2D eigenvalue weighted by molar-refractivity contribution is 0.0904. The Hall–Kier alpha value is -0.900. The molecule has 1 aliphatic rings. The first kappa shape index (κ1) is 13.5. The third kappa shape index (κ3) is 3.31. The van der Waals surface area contributed by atoms with Gasteiger partial charge in [0.15, 0.2) is 0 Å². The van der Waals surface area contributed by atoms with Gasteiger partial charge < -0.3 is 5.32 Å². The Balaban J connectivity index is 2.02. The predicted octanol–water partition coefficient (Wildman–Crippen LogP) is 3.54. The molecule has 1 fully saturated rings. The molecule has 98 valence electrons. The van der Waals surface area contributed by atoms with Crippen molar-refractivity contribution in [3.8, 4) is 0 Å². The molecule has 0 radical (unpaired) electrons. The number of carbonyl (C=O) groups excluding carboxylic acids is 1. The van der Waals surface area contributed by atoms with Gasteiger partial charge in [0.05, 0.1) is 0 Å². The van der Waals surface area contributed by atoms with E-state index in [1.807, 2.05) is 0 Å². The van der Waals surface area contributed by atoms with Gasteiger partial charge in [-0.25, -0.2) is 4.98 Å². The largest absolute Gasteiger partial charge is 0.349 e. The van der Waals surface area contributed by atoms with Gasteiger partial charge in [-0.1, -0.05) is 26.2 Å². The van der Waals surface area contributed by atoms with Crippen molar-refractivity contribution in [2.75, 3.05) is 0 Å². The van der Waals surface area contributed by atoms with E-state index < -0.39 is 0 Å². The first-order valence-corrected chi connectivity index (χ1v) is 7.42. The lowest BCUT2D eigenvalue weighted by Crippen LogP contribution is -2.41. The van der Waals surface area contributed by atoms with Crippen molar-refractivity contribution in [2.45, 2.75) is 45.1 Å². The number of carbonyl (C=O) groups is 1. The van der Waals surface area contributed by atoms with Crippen LogP contribution in [0.1, 0.15) is 49.4 Å². The Kier molecular flexibility index (Phi) is 4.75. The molecule has 4 heteroatoms. The third-order valence-corrected chi connectivity index (χ3v) is 4.17. The minimum atomic E-state index is 0.0171. The highest BCUT2D eigenvalue weighted by Crippen LogP contribution is 2.27. The quantitative estimate of drug-likeness (QED) is 0.868. The summed E-state index contributed by atoms with van der Waals surface area (Å²) < 4.78 is 0.700. The SMILES string of the molecule is CCC1CCCCC1NC(=O)c1ccnc(Br)c1. The molecule has 0 bridgehead atoms. The lowest BCUT2D eigenvalue weighted by Gasteiger charge is -2.31. The molecule has 2 rings (SSSR count). The number of aromatic nitrogens is 1. The first-order valence-electron chi connectivity index (χ1n) is 6.63. The fourth-order valence-electron chi connectivity index (χ4n) is 2.68. The van der Waals surface area contributed by atoms with E-state index in [0.29, 0.717) is 22.1 Å². The Morgan fingerprint density at radius 2 is 2.28 bits per heavy atom. The van der Waals surface area contributed by atoms with E-state index in [1.54, 1.807) is 18.3 Å². The highest BCUT2D eigenvalue weighted by molar-refractivity contribution is 9.10. The zero-order valence-corrected chi connectivity index (χ0v) is 12.2. The summed E-state index contributed by atoms with van der Waals surface area (Å²) in [4.78, 5) is 16.2. The molecule has 1 heterocycles. The maximum atomic E-state index is 12.2. The number of rotatable bonds is 3. The zero-order chi connectivity index (χ0) is 13.0. The summed E-state index contributed by atoms with van der Waals surface area (Å²) in [5.41, 5.74) is 0.678. The summed E-state index contributed by atoms with van der Waals surface area (Å²) >= 11 is 3.29. The van der Waals surface area contributed by atoms with Crippen LogP contribution in [-0.4, -0.2) is 16.9 Å². The van der Waals surface area contributed by atoms with Crippen LogP contribution in [0, 0.1) is 5.92 Å². The van der Waals surface area contributed by atoms with Gasteiger partial charge in [-0.3, -0.25) is 4.79 Å². The van der Waals surface area contributed by atoms with Crippen molar-refractivity contribution in [1.29, 1.82) is 0 Å². The average molecular weight is 311 g/mol. The molecular weight excluding hydrogens is 292 g/mol. The van der Waals surface area contributed by atoms with E-state index in [-0.39, 0.29) is 5.91 Å². The summed E-state index contributed by atoms with van der Waals surface area (Å²) in [6.07, 6.45) is 7.66. The summed E-state index contributed by atoms with van der Waals surface area (Å²) in [6.45, 7) is 2.21. The van der Waals surface area contributed by atoms with Crippen LogP contribution < -0.4 is 5.32 Å². The van der Waals surface area contributed by atoms with E-state index in [2.05, 4.69) is 33.2 Å². The maximum absolute atomic E-state index is 12.2. The third-order valence-electron chi connectivity index (χ3n) is 3.74. The standard InChI is InChI=1S/C14H19BrN2O/c1-2-10-5-3-4-6-12(10)17-14(18)11-7-8-16-13(15)9-11/h7-10,12H,2-6H2,1H3,(H,17,18).